The van der Waals surface area contributed by atoms with Crippen LogP contribution in [0.5, 0.6) is 0 Å². The molecule has 0 amide bonds. The van der Waals surface area contributed by atoms with Crippen molar-refractivity contribution in [2.75, 3.05) is 11.1 Å². The summed E-state index contributed by atoms with van der Waals surface area (Å²) in [4.78, 5) is 8.87. The molecule has 1 aromatic heterocycles. The van der Waals surface area contributed by atoms with Crippen LogP contribution in [0.1, 0.15) is 31.2 Å². The highest BCUT2D eigenvalue weighted by Gasteiger charge is 2.08. The second-order valence-corrected chi connectivity index (χ2v) is 5.69. The summed E-state index contributed by atoms with van der Waals surface area (Å²) in [6.07, 6.45) is 2.51. The van der Waals surface area contributed by atoms with Gasteiger partial charge < -0.3 is 0 Å². The third-order valence-corrected chi connectivity index (χ3v) is 4.32. The average Bonchev–Trinajstić information content (AvgIpc) is 2.23. The highest BCUT2D eigenvalue weighted by atomic mass is 79.9. The van der Waals surface area contributed by atoms with E-state index >= 15 is 0 Å². The summed E-state index contributed by atoms with van der Waals surface area (Å²) in [6.45, 7) is 6.27. The van der Waals surface area contributed by atoms with Gasteiger partial charge in [0.05, 0.1) is 0 Å². The zero-order valence-corrected chi connectivity index (χ0v) is 12.6. The van der Waals surface area contributed by atoms with E-state index in [1.807, 2.05) is 19.9 Å². The summed E-state index contributed by atoms with van der Waals surface area (Å²) in [5.41, 5.74) is 2.11. The Morgan fingerprint density at radius 3 is 2.44 bits per heavy atom. The van der Waals surface area contributed by atoms with Gasteiger partial charge in [0.2, 0.25) is 0 Å². The van der Waals surface area contributed by atoms with Gasteiger partial charge in [0.15, 0.2) is 5.16 Å². The molecule has 16 heavy (non-hydrogen) atoms. The maximum absolute atomic E-state index is 4.44. The van der Waals surface area contributed by atoms with E-state index in [1.165, 1.54) is 12.8 Å². The van der Waals surface area contributed by atoms with Gasteiger partial charge >= 0.3 is 0 Å². The molecule has 0 spiro atoms. The molecule has 0 aliphatic heterocycles. The van der Waals surface area contributed by atoms with E-state index in [2.05, 4.69) is 32.8 Å². The topological polar surface area (TPSA) is 25.8 Å². The van der Waals surface area contributed by atoms with Crippen LogP contribution in [-0.2, 0) is 0 Å². The summed E-state index contributed by atoms with van der Waals surface area (Å²) in [5.74, 6) is 1.82. The molecule has 0 aliphatic rings. The van der Waals surface area contributed by atoms with Gasteiger partial charge in [0.1, 0.15) is 0 Å². The van der Waals surface area contributed by atoms with Gasteiger partial charge in [-0.25, -0.2) is 9.97 Å². The maximum atomic E-state index is 4.44. The third-order valence-electron chi connectivity index (χ3n) is 2.33. The fraction of sp³-hybridized carbons (Fsp3) is 0.667. The molecule has 0 saturated carbocycles. The normalized spacial score (nSPS) is 12.8. The standard InChI is InChI=1S/C12H19BrN2S/c1-4-5-11(7-13)8-16-12-14-9(2)6-10(3)15-12/h6,11H,4-5,7-8H2,1-3H3. The zero-order valence-electron chi connectivity index (χ0n) is 10.2. The Bertz CT molecular complexity index is 311. The summed E-state index contributed by atoms with van der Waals surface area (Å²) in [6, 6.07) is 2.01. The van der Waals surface area contributed by atoms with Gasteiger partial charge in [-0.15, -0.1) is 0 Å². The number of aryl methyl sites for hydroxylation is 2. The SMILES string of the molecule is CCCC(CBr)CSc1nc(C)cc(C)n1. The molecule has 1 aromatic rings. The predicted octanol–water partition coefficient (Wildman–Crippen LogP) is 4.00. The van der Waals surface area contributed by atoms with Crippen LogP contribution in [0.2, 0.25) is 0 Å². The minimum Gasteiger partial charge on any atom is -0.228 e. The van der Waals surface area contributed by atoms with Crippen LogP contribution >= 0.6 is 27.7 Å². The number of nitrogens with zero attached hydrogens (tertiary/aromatic N) is 2. The van der Waals surface area contributed by atoms with Crippen molar-refractivity contribution in [3.63, 3.8) is 0 Å². The van der Waals surface area contributed by atoms with E-state index in [1.54, 1.807) is 11.8 Å². The van der Waals surface area contributed by atoms with Gasteiger partial charge in [-0.1, -0.05) is 41.0 Å². The first-order valence-corrected chi connectivity index (χ1v) is 7.77. The van der Waals surface area contributed by atoms with Crippen molar-refractivity contribution in [3.8, 4) is 0 Å². The van der Waals surface area contributed by atoms with Crippen LogP contribution in [0, 0.1) is 19.8 Å². The van der Waals surface area contributed by atoms with E-state index in [9.17, 15) is 0 Å². The summed E-state index contributed by atoms with van der Waals surface area (Å²) < 4.78 is 0. The largest absolute Gasteiger partial charge is 0.228 e. The van der Waals surface area contributed by atoms with Gasteiger partial charge in [-0.05, 0) is 32.3 Å². The lowest BCUT2D eigenvalue weighted by Crippen LogP contribution is -2.05. The quantitative estimate of drug-likeness (QED) is 0.451. The molecule has 1 rings (SSSR count). The Kier molecular flexibility index (Phi) is 6.36. The lowest BCUT2D eigenvalue weighted by Gasteiger charge is -2.11. The van der Waals surface area contributed by atoms with Crippen LogP contribution in [0.4, 0.5) is 0 Å². The number of thioether (sulfide) groups is 1. The van der Waals surface area contributed by atoms with E-state index in [4.69, 9.17) is 0 Å². The highest BCUT2D eigenvalue weighted by Crippen LogP contribution is 2.21. The molecule has 0 saturated heterocycles. The first-order valence-electron chi connectivity index (χ1n) is 5.66. The number of aromatic nitrogens is 2. The molecule has 2 nitrogen and oxygen atoms in total. The molecule has 0 aromatic carbocycles. The molecule has 90 valence electrons. The predicted molar refractivity (Wildman–Crippen MR) is 74.4 cm³/mol. The minimum absolute atomic E-state index is 0.722. The zero-order chi connectivity index (χ0) is 12.0. The van der Waals surface area contributed by atoms with E-state index in [-0.39, 0.29) is 0 Å². The van der Waals surface area contributed by atoms with Gasteiger partial charge in [-0.2, -0.15) is 0 Å². The Balaban J connectivity index is 2.52. The third kappa shape index (κ3) is 4.83. The molecular weight excluding hydrogens is 284 g/mol. The molecule has 0 aliphatic carbocycles. The fourth-order valence-corrected chi connectivity index (χ4v) is 3.51. The number of hydrogen-bond acceptors (Lipinski definition) is 3. The number of alkyl halides is 1. The van der Waals surface area contributed by atoms with Gasteiger partial charge in [0.25, 0.3) is 0 Å². The molecule has 0 bridgehead atoms. The molecule has 4 heteroatoms. The summed E-state index contributed by atoms with van der Waals surface area (Å²) in [5, 5.41) is 1.98. The molecule has 0 N–H and O–H groups in total. The van der Waals surface area contributed by atoms with Gasteiger partial charge in [0, 0.05) is 22.5 Å². The second-order valence-electron chi connectivity index (χ2n) is 4.05. The van der Waals surface area contributed by atoms with Crippen LogP contribution < -0.4 is 0 Å². The maximum Gasteiger partial charge on any atom is 0.187 e. The molecule has 0 fully saturated rings. The van der Waals surface area contributed by atoms with E-state index in [0.717, 1.165) is 33.5 Å². The van der Waals surface area contributed by atoms with Crippen molar-refractivity contribution in [1.82, 2.24) is 9.97 Å². The van der Waals surface area contributed by atoms with Gasteiger partial charge in [-0.3, -0.25) is 0 Å². The summed E-state index contributed by atoms with van der Waals surface area (Å²) in [7, 11) is 0. The Morgan fingerprint density at radius 2 is 1.94 bits per heavy atom. The first kappa shape index (κ1) is 14.0. The van der Waals surface area contributed by atoms with Crippen molar-refractivity contribution in [1.29, 1.82) is 0 Å². The molecule has 1 atom stereocenters. The van der Waals surface area contributed by atoms with E-state index in [0.29, 0.717) is 0 Å². The number of rotatable bonds is 6. The monoisotopic (exact) mass is 302 g/mol. The molecule has 0 radical (unpaired) electrons. The first-order chi connectivity index (χ1) is 7.65. The van der Waals surface area contributed by atoms with Crippen LogP contribution in [-0.4, -0.2) is 21.1 Å². The Labute approximate surface area is 111 Å². The molecule has 1 heterocycles. The van der Waals surface area contributed by atoms with Crippen molar-refractivity contribution < 1.29 is 0 Å². The van der Waals surface area contributed by atoms with Crippen molar-refractivity contribution >= 4 is 27.7 Å². The fourth-order valence-electron chi connectivity index (χ4n) is 1.56. The smallest absolute Gasteiger partial charge is 0.187 e. The lowest BCUT2D eigenvalue weighted by atomic mass is 10.1. The van der Waals surface area contributed by atoms with Crippen molar-refractivity contribution in [3.05, 3.63) is 17.5 Å². The molecular formula is C12H19BrN2S. The van der Waals surface area contributed by atoms with Crippen molar-refractivity contribution in [2.24, 2.45) is 5.92 Å². The Hall–Kier alpha value is -0.0900. The summed E-state index contributed by atoms with van der Waals surface area (Å²) >= 11 is 5.33. The Morgan fingerprint density at radius 1 is 1.31 bits per heavy atom. The van der Waals surface area contributed by atoms with E-state index < -0.39 is 0 Å². The van der Waals surface area contributed by atoms with Crippen molar-refractivity contribution in [2.45, 2.75) is 38.8 Å². The lowest BCUT2D eigenvalue weighted by molar-refractivity contribution is 0.597. The van der Waals surface area contributed by atoms with Crippen LogP contribution in [0.15, 0.2) is 11.2 Å². The minimum atomic E-state index is 0.722. The number of hydrogen-bond donors (Lipinski definition) is 0. The average molecular weight is 303 g/mol. The highest BCUT2D eigenvalue weighted by molar-refractivity contribution is 9.09. The number of halogens is 1. The second kappa shape index (κ2) is 7.28. The molecule has 1 unspecified atom stereocenters. The van der Waals surface area contributed by atoms with Crippen LogP contribution in [0.3, 0.4) is 0 Å². The van der Waals surface area contributed by atoms with Crippen LogP contribution in [0.25, 0.3) is 0 Å².